The van der Waals surface area contributed by atoms with Gasteiger partial charge in [0.15, 0.2) is 0 Å². The van der Waals surface area contributed by atoms with Crippen LogP contribution in [0.3, 0.4) is 0 Å². The van der Waals surface area contributed by atoms with E-state index in [2.05, 4.69) is 10.6 Å². The van der Waals surface area contributed by atoms with E-state index in [1.54, 1.807) is 24.1 Å². The van der Waals surface area contributed by atoms with Gasteiger partial charge in [-0.25, -0.2) is 9.18 Å². The third-order valence-electron chi connectivity index (χ3n) is 4.00. The van der Waals surface area contributed by atoms with Gasteiger partial charge in [0.25, 0.3) is 5.91 Å². The predicted molar refractivity (Wildman–Crippen MR) is 80.9 cm³/mol. The lowest BCUT2D eigenvalue weighted by atomic mass is 9.96. The fraction of sp³-hybridized carbons (Fsp3) is 0.375. The first-order chi connectivity index (χ1) is 11.1. The first-order valence-electron chi connectivity index (χ1n) is 7.44. The first kappa shape index (κ1) is 15.5. The molecule has 2 aliphatic rings. The third-order valence-corrected chi connectivity index (χ3v) is 4.00. The van der Waals surface area contributed by atoms with Gasteiger partial charge in [-0.15, -0.1) is 0 Å². The SMILES string of the molecule is COCCCN1CC2=C(C1=O)C(c1ccc(F)cc1)NC(=O)N2. The molecule has 2 heterocycles. The van der Waals surface area contributed by atoms with Crippen molar-refractivity contribution in [1.82, 2.24) is 15.5 Å². The van der Waals surface area contributed by atoms with Crippen LogP contribution in [-0.4, -0.2) is 43.6 Å². The standard InChI is InChI=1S/C16H18FN3O3/c1-23-8-2-7-20-9-12-13(15(20)21)14(19-16(22)18-12)10-3-5-11(17)6-4-10/h3-6,14H,2,7-9H2,1H3,(H2,18,19,22). The smallest absolute Gasteiger partial charge is 0.319 e. The van der Waals surface area contributed by atoms with Gasteiger partial charge in [0, 0.05) is 20.3 Å². The number of hydrogen-bond donors (Lipinski definition) is 2. The number of ether oxygens (including phenoxy) is 1. The maximum atomic E-state index is 13.1. The molecule has 0 fully saturated rings. The summed E-state index contributed by atoms with van der Waals surface area (Å²) < 4.78 is 18.1. The van der Waals surface area contributed by atoms with Gasteiger partial charge in [-0.05, 0) is 24.1 Å². The molecule has 2 N–H and O–H groups in total. The molecule has 1 aromatic rings. The van der Waals surface area contributed by atoms with Crippen molar-refractivity contribution >= 4 is 11.9 Å². The van der Waals surface area contributed by atoms with Gasteiger partial charge in [0.2, 0.25) is 0 Å². The average Bonchev–Trinajstić information content (AvgIpc) is 2.84. The molecule has 122 valence electrons. The van der Waals surface area contributed by atoms with Crippen molar-refractivity contribution in [2.75, 3.05) is 26.8 Å². The normalized spacial score (nSPS) is 20.4. The van der Waals surface area contributed by atoms with Crippen molar-refractivity contribution in [1.29, 1.82) is 0 Å². The summed E-state index contributed by atoms with van der Waals surface area (Å²) in [5.41, 5.74) is 1.82. The number of nitrogens with zero attached hydrogens (tertiary/aromatic N) is 1. The Hall–Kier alpha value is -2.41. The van der Waals surface area contributed by atoms with Gasteiger partial charge in [0.05, 0.1) is 23.9 Å². The van der Waals surface area contributed by atoms with Crippen molar-refractivity contribution in [2.24, 2.45) is 0 Å². The maximum absolute atomic E-state index is 13.1. The van der Waals surface area contributed by atoms with Crippen LogP contribution in [0.2, 0.25) is 0 Å². The summed E-state index contributed by atoms with van der Waals surface area (Å²) in [5, 5.41) is 5.44. The number of benzene rings is 1. The largest absolute Gasteiger partial charge is 0.385 e. The highest BCUT2D eigenvalue weighted by Gasteiger charge is 2.39. The van der Waals surface area contributed by atoms with Gasteiger partial charge >= 0.3 is 6.03 Å². The Labute approximate surface area is 133 Å². The van der Waals surface area contributed by atoms with E-state index in [9.17, 15) is 14.0 Å². The fourth-order valence-corrected chi connectivity index (χ4v) is 2.91. The van der Waals surface area contributed by atoms with Crippen molar-refractivity contribution in [3.63, 3.8) is 0 Å². The van der Waals surface area contributed by atoms with Crippen molar-refractivity contribution in [2.45, 2.75) is 12.5 Å². The van der Waals surface area contributed by atoms with Gasteiger partial charge in [-0.1, -0.05) is 12.1 Å². The van der Waals surface area contributed by atoms with Crippen LogP contribution in [0, 0.1) is 5.82 Å². The molecule has 7 heteroatoms. The summed E-state index contributed by atoms with van der Waals surface area (Å²) in [5.74, 6) is -0.472. The lowest BCUT2D eigenvalue weighted by Gasteiger charge is -2.25. The number of carbonyl (C=O) groups is 2. The predicted octanol–water partition coefficient (Wildman–Crippen LogP) is 1.31. The second-order valence-corrected chi connectivity index (χ2v) is 5.55. The van der Waals surface area contributed by atoms with Gasteiger partial charge in [0.1, 0.15) is 5.82 Å². The molecule has 2 aliphatic heterocycles. The van der Waals surface area contributed by atoms with E-state index in [1.807, 2.05) is 0 Å². The number of urea groups is 1. The molecule has 23 heavy (non-hydrogen) atoms. The van der Waals surface area contributed by atoms with Crippen LogP contribution < -0.4 is 10.6 Å². The monoisotopic (exact) mass is 319 g/mol. The Morgan fingerprint density at radius 3 is 2.74 bits per heavy atom. The molecule has 0 bridgehead atoms. The third kappa shape index (κ3) is 3.05. The lowest BCUT2D eigenvalue weighted by molar-refractivity contribution is -0.125. The molecule has 0 spiro atoms. The van der Waals surface area contributed by atoms with E-state index >= 15 is 0 Å². The highest BCUT2D eigenvalue weighted by atomic mass is 19.1. The minimum atomic E-state index is -0.556. The molecule has 1 atom stereocenters. The summed E-state index contributed by atoms with van der Waals surface area (Å²) in [4.78, 5) is 26.2. The number of carbonyl (C=O) groups excluding carboxylic acids is 2. The zero-order valence-electron chi connectivity index (χ0n) is 12.8. The van der Waals surface area contributed by atoms with Crippen molar-refractivity contribution < 1.29 is 18.7 Å². The van der Waals surface area contributed by atoms with E-state index < -0.39 is 6.04 Å². The molecule has 1 aromatic carbocycles. The van der Waals surface area contributed by atoms with E-state index in [4.69, 9.17) is 4.74 Å². The second kappa shape index (κ2) is 6.37. The topological polar surface area (TPSA) is 70.7 Å². The van der Waals surface area contributed by atoms with E-state index in [0.29, 0.717) is 36.5 Å². The molecule has 1 unspecified atom stereocenters. The quantitative estimate of drug-likeness (QED) is 0.804. The molecule has 3 amide bonds. The van der Waals surface area contributed by atoms with Crippen LogP contribution in [0.5, 0.6) is 0 Å². The Morgan fingerprint density at radius 1 is 1.30 bits per heavy atom. The zero-order chi connectivity index (χ0) is 16.4. The van der Waals surface area contributed by atoms with E-state index in [1.165, 1.54) is 12.1 Å². The number of halogens is 1. The number of nitrogens with one attached hydrogen (secondary N) is 2. The fourth-order valence-electron chi connectivity index (χ4n) is 2.91. The Morgan fingerprint density at radius 2 is 2.04 bits per heavy atom. The molecular formula is C16H18FN3O3. The molecule has 3 rings (SSSR count). The van der Waals surface area contributed by atoms with Crippen LogP contribution in [0.15, 0.2) is 35.5 Å². The number of methoxy groups -OCH3 is 1. The lowest BCUT2D eigenvalue weighted by Crippen LogP contribution is -2.44. The van der Waals surface area contributed by atoms with Crippen LogP contribution >= 0.6 is 0 Å². The van der Waals surface area contributed by atoms with Gasteiger partial charge < -0.3 is 20.3 Å². The second-order valence-electron chi connectivity index (χ2n) is 5.55. The summed E-state index contributed by atoms with van der Waals surface area (Å²) in [7, 11) is 1.61. The average molecular weight is 319 g/mol. The molecule has 0 aromatic heterocycles. The zero-order valence-corrected chi connectivity index (χ0v) is 12.8. The first-order valence-corrected chi connectivity index (χ1v) is 7.44. The maximum Gasteiger partial charge on any atom is 0.319 e. The number of rotatable bonds is 5. The Kier molecular flexibility index (Phi) is 4.29. The summed E-state index contributed by atoms with van der Waals surface area (Å²) in [6, 6.07) is 4.89. The van der Waals surface area contributed by atoms with Crippen molar-refractivity contribution in [3.05, 3.63) is 46.9 Å². The highest BCUT2D eigenvalue weighted by Crippen LogP contribution is 2.32. The van der Waals surface area contributed by atoms with Crippen LogP contribution in [0.25, 0.3) is 0 Å². The van der Waals surface area contributed by atoms with E-state index in [-0.39, 0.29) is 17.8 Å². The highest BCUT2D eigenvalue weighted by molar-refractivity contribution is 6.01. The van der Waals surface area contributed by atoms with Crippen LogP contribution in [0.1, 0.15) is 18.0 Å². The minimum Gasteiger partial charge on any atom is -0.385 e. The molecule has 0 radical (unpaired) electrons. The van der Waals surface area contributed by atoms with Crippen molar-refractivity contribution in [3.8, 4) is 0 Å². The van der Waals surface area contributed by atoms with Gasteiger partial charge in [-0.2, -0.15) is 0 Å². The minimum absolute atomic E-state index is 0.113. The Bertz CT molecular complexity index is 657. The molecule has 0 saturated heterocycles. The van der Waals surface area contributed by atoms with Crippen LogP contribution in [-0.2, 0) is 9.53 Å². The number of amides is 3. The summed E-state index contributed by atoms with van der Waals surface area (Å²) in [6.07, 6.45) is 0.728. The van der Waals surface area contributed by atoms with Crippen LogP contribution in [0.4, 0.5) is 9.18 Å². The molecular weight excluding hydrogens is 301 g/mol. The number of hydrogen-bond acceptors (Lipinski definition) is 3. The van der Waals surface area contributed by atoms with Gasteiger partial charge in [-0.3, -0.25) is 4.79 Å². The Balaban J connectivity index is 1.84. The molecule has 0 aliphatic carbocycles. The summed E-state index contributed by atoms with van der Waals surface area (Å²) >= 11 is 0. The molecule has 6 nitrogen and oxygen atoms in total. The van der Waals surface area contributed by atoms with E-state index in [0.717, 1.165) is 6.42 Å². The molecule has 0 saturated carbocycles. The summed E-state index contributed by atoms with van der Waals surface area (Å²) in [6.45, 7) is 1.51.